The molecule has 5 nitrogen and oxygen atoms in total. The number of carbonyl (C=O) groups is 1. The van der Waals surface area contributed by atoms with Crippen LogP contribution >= 0.6 is 0 Å². The smallest absolute Gasteiger partial charge is 0.257 e. The van der Waals surface area contributed by atoms with E-state index in [1.807, 2.05) is 6.92 Å². The van der Waals surface area contributed by atoms with Crippen molar-refractivity contribution in [3.63, 3.8) is 0 Å². The van der Waals surface area contributed by atoms with E-state index in [-0.39, 0.29) is 17.3 Å². The summed E-state index contributed by atoms with van der Waals surface area (Å²) in [7, 11) is 3.18. The standard InChI is InChI=1S/C15H21NO4/c1-15(20-3)7-4-8-16(10-15)14(18)12-6-5-11(19-2)9-13(12)17/h5-6,9,17H,4,7-8,10H2,1-3H3/t15-/m1/s1. The fourth-order valence-electron chi connectivity index (χ4n) is 2.54. The van der Waals surface area contributed by atoms with Gasteiger partial charge in [-0.05, 0) is 31.9 Å². The predicted octanol–water partition coefficient (Wildman–Crippen LogP) is 2.04. The lowest BCUT2D eigenvalue weighted by Gasteiger charge is -2.39. The summed E-state index contributed by atoms with van der Waals surface area (Å²) >= 11 is 0. The molecular weight excluding hydrogens is 258 g/mol. The van der Waals surface area contributed by atoms with Crippen molar-refractivity contribution < 1.29 is 19.4 Å². The molecule has 0 spiro atoms. The van der Waals surface area contributed by atoms with E-state index in [9.17, 15) is 9.90 Å². The molecule has 0 aliphatic carbocycles. The highest BCUT2D eigenvalue weighted by molar-refractivity contribution is 5.97. The molecule has 1 aromatic carbocycles. The van der Waals surface area contributed by atoms with Crippen LogP contribution in [0, 0.1) is 0 Å². The number of aromatic hydroxyl groups is 1. The summed E-state index contributed by atoms with van der Waals surface area (Å²) < 4.78 is 10.5. The largest absolute Gasteiger partial charge is 0.507 e. The summed E-state index contributed by atoms with van der Waals surface area (Å²) in [6, 6.07) is 4.72. The number of carbonyl (C=O) groups excluding carboxylic acids is 1. The Hall–Kier alpha value is -1.75. The molecule has 0 bridgehead atoms. The molecule has 1 heterocycles. The Morgan fingerprint density at radius 2 is 2.15 bits per heavy atom. The van der Waals surface area contributed by atoms with Crippen LogP contribution in [-0.4, -0.2) is 48.8 Å². The zero-order chi connectivity index (χ0) is 14.8. The predicted molar refractivity (Wildman–Crippen MR) is 75.2 cm³/mol. The Morgan fingerprint density at radius 1 is 1.40 bits per heavy atom. The van der Waals surface area contributed by atoms with E-state index in [1.54, 1.807) is 24.1 Å². The number of rotatable bonds is 3. The van der Waals surface area contributed by atoms with Crippen LogP contribution in [0.5, 0.6) is 11.5 Å². The number of methoxy groups -OCH3 is 2. The SMILES string of the molecule is COc1ccc(C(=O)N2CCC[C@@](C)(OC)C2)c(O)c1. The topological polar surface area (TPSA) is 59.0 Å². The Labute approximate surface area is 119 Å². The molecule has 0 radical (unpaired) electrons. The van der Waals surface area contributed by atoms with Gasteiger partial charge in [-0.3, -0.25) is 4.79 Å². The average molecular weight is 279 g/mol. The van der Waals surface area contributed by atoms with Crippen LogP contribution in [0.2, 0.25) is 0 Å². The average Bonchev–Trinajstić information content (AvgIpc) is 2.46. The fraction of sp³-hybridized carbons (Fsp3) is 0.533. The van der Waals surface area contributed by atoms with Gasteiger partial charge in [0.1, 0.15) is 11.5 Å². The van der Waals surface area contributed by atoms with Crippen molar-refractivity contribution in [1.29, 1.82) is 0 Å². The minimum absolute atomic E-state index is 0.0564. The van der Waals surface area contributed by atoms with Crippen molar-refractivity contribution in [3.8, 4) is 11.5 Å². The molecule has 1 fully saturated rings. The number of amides is 1. The Morgan fingerprint density at radius 3 is 2.75 bits per heavy atom. The summed E-state index contributed by atoms with van der Waals surface area (Å²) in [5.74, 6) is 0.298. The second-order valence-corrected chi connectivity index (χ2v) is 5.37. The maximum absolute atomic E-state index is 12.5. The first-order chi connectivity index (χ1) is 9.49. The van der Waals surface area contributed by atoms with Gasteiger partial charge in [0, 0.05) is 26.3 Å². The first kappa shape index (κ1) is 14.7. The first-order valence-electron chi connectivity index (χ1n) is 6.70. The van der Waals surface area contributed by atoms with Crippen LogP contribution in [-0.2, 0) is 4.74 Å². The van der Waals surface area contributed by atoms with E-state index in [2.05, 4.69) is 0 Å². The van der Waals surface area contributed by atoms with Gasteiger partial charge in [0.15, 0.2) is 0 Å². The lowest BCUT2D eigenvalue weighted by atomic mass is 9.94. The number of phenolic OH excluding ortho intramolecular Hbond substituents is 1. The second-order valence-electron chi connectivity index (χ2n) is 5.37. The Kier molecular flexibility index (Phi) is 4.18. The van der Waals surface area contributed by atoms with Crippen LogP contribution < -0.4 is 4.74 Å². The van der Waals surface area contributed by atoms with E-state index in [0.717, 1.165) is 12.8 Å². The van der Waals surface area contributed by atoms with Gasteiger partial charge in [0.25, 0.3) is 5.91 Å². The summed E-state index contributed by atoms with van der Waals surface area (Å²) in [6.07, 6.45) is 1.83. The highest BCUT2D eigenvalue weighted by Crippen LogP contribution is 2.28. The number of hydrogen-bond acceptors (Lipinski definition) is 4. The minimum Gasteiger partial charge on any atom is -0.507 e. The molecule has 1 aliphatic rings. The van der Waals surface area contributed by atoms with Crippen LogP contribution in [0.15, 0.2) is 18.2 Å². The molecule has 0 unspecified atom stereocenters. The molecular formula is C15H21NO4. The molecule has 2 rings (SSSR count). The molecule has 1 saturated heterocycles. The van der Waals surface area contributed by atoms with Crippen molar-refractivity contribution in [2.24, 2.45) is 0 Å². The molecule has 110 valence electrons. The van der Waals surface area contributed by atoms with Gasteiger partial charge in [-0.25, -0.2) is 0 Å². The minimum atomic E-state index is -0.310. The number of benzene rings is 1. The summed E-state index contributed by atoms with van der Waals surface area (Å²) in [5.41, 5.74) is -0.0122. The number of piperidine rings is 1. The van der Waals surface area contributed by atoms with E-state index in [1.165, 1.54) is 13.2 Å². The lowest BCUT2D eigenvalue weighted by Crippen LogP contribution is -2.49. The molecule has 1 aliphatic heterocycles. The van der Waals surface area contributed by atoms with Gasteiger partial charge in [-0.1, -0.05) is 0 Å². The van der Waals surface area contributed by atoms with E-state index in [0.29, 0.717) is 24.4 Å². The van der Waals surface area contributed by atoms with Gasteiger partial charge in [0.2, 0.25) is 0 Å². The van der Waals surface area contributed by atoms with Crippen molar-refractivity contribution in [2.45, 2.75) is 25.4 Å². The zero-order valence-corrected chi connectivity index (χ0v) is 12.2. The van der Waals surface area contributed by atoms with Gasteiger partial charge in [-0.15, -0.1) is 0 Å². The fourth-order valence-corrected chi connectivity index (χ4v) is 2.54. The maximum atomic E-state index is 12.5. The molecule has 0 aromatic heterocycles. The van der Waals surface area contributed by atoms with Crippen molar-refractivity contribution >= 4 is 5.91 Å². The van der Waals surface area contributed by atoms with Crippen LogP contribution in [0.4, 0.5) is 0 Å². The highest BCUT2D eigenvalue weighted by atomic mass is 16.5. The number of ether oxygens (including phenoxy) is 2. The van der Waals surface area contributed by atoms with E-state index < -0.39 is 0 Å². The van der Waals surface area contributed by atoms with Crippen LogP contribution in [0.25, 0.3) is 0 Å². The van der Waals surface area contributed by atoms with Crippen molar-refractivity contribution in [1.82, 2.24) is 4.90 Å². The summed E-state index contributed by atoms with van der Waals surface area (Å²) in [6.45, 7) is 3.22. The molecule has 1 aromatic rings. The normalized spacial score (nSPS) is 22.6. The van der Waals surface area contributed by atoms with Gasteiger partial charge in [-0.2, -0.15) is 0 Å². The number of likely N-dealkylation sites (tertiary alicyclic amines) is 1. The van der Waals surface area contributed by atoms with E-state index in [4.69, 9.17) is 9.47 Å². The third kappa shape index (κ3) is 2.88. The third-order valence-corrected chi connectivity index (χ3v) is 3.87. The summed E-state index contributed by atoms with van der Waals surface area (Å²) in [5, 5.41) is 9.95. The number of nitrogens with zero attached hydrogens (tertiary/aromatic N) is 1. The van der Waals surface area contributed by atoms with Gasteiger partial charge < -0.3 is 19.5 Å². The second kappa shape index (κ2) is 5.71. The van der Waals surface area contributed by atoms with Crippen LogP contribution in [0.3, 0.4) is 0 Å². The van der Waals surface area contributed by atoms with Crippen LogP contribution in [0.1, 0.15) is 30.1 Å². The van der Waals surface area contributed by atoms with E-state index >= 15 is 0 Å². The monoisotopic (exact) mass is 279 g/mol. The Bertz CT molecular complexity index is 503. The highest BCUT2D eigenvalue weighted by Gasteiger charge is 2.33. The van der Waals surface area contributed by atoms with Gasteiger partial charge in [0.05, 0.1) is 18.3 Å². The lowest BCUT2D eigenvalue weighted by molar-refractivity contribution is -0.0440. The van der Waals surface area contributed by atoms with Crippen molar-refractivity contribution in [3.05, 3.63) is 23.8 Å². The number of hydrogen-bond donors (Lipinski definition) is 1. The van der Waals surface area contributed by atoms with Crippen molar-refractivity contribution in [2.75, 3.05) is 27.3 Å². The molecule has 1 N–H and O–H groups in total. The summed E-state index contributed by atoms with van der Waals surface area (Å²) in [4.78, 5) is 14.2. The number of phenols is 1. The molecule has 1 atom stereocenters. The quantitative estimate of drug-likeness (QED) is 0.920. The third-order valence-electron chi connectivity index (χ3n) is 3.87. The molecule has 5 heteroatoms. The zero-order valence-electron chi connectivity index (χ0n) is 12.2. The molecule has 1 amide bonds. The Balaban J connectivity index is 2.19. The molecule has 20 heavy (non-hydrogen) atoms. The maximum Gasteiger partial charge on any atom is 0.257 e. The first-order valence-corrected chi connectivity index (χ1v) is 6.70. The molecule has 0 saturated carbocycles. The van der Waals surface area contributed by atoms with Gasteiger partial charge >= 0.3 is 0 Å².